The van der Waals surface area contributed by atoms with Gasteiger partial charge in [0.05, 0.1) is 0 Å². The SMILES string of the molecule is CC.CC.CCCC(C)C(C)C.O. The molecule has 1 nitrogen and oxygen atoms in total. The zero-order chi connectivity index (χ0) is 10.6. The van der Waals surface area contributed by atoms with Crippen molar-refractivity contribution in [3.05, 3.63) is 0 Å². The van der Waals surface area contributed by atoms with Crippen LogP contribution in [0.2, 0.25) is 0 Å². The highest BCUT2D eigenvalue weighted by molar-refractivity contribution is 4.54. The summed E-state index contributed by atoms with van der Waals surface area (Å²) >= 11 is 0. The summed E-state index contributed by atoms with van der Waals surface area (Å²) in [6, 6.07) is 0. The highest BCUT2D eigenvalue weighted by atomic mass is 16.0. The van der Waals surface area contributed by atoms with Gasteiger partial charge in [0, 0.05) is 0 Å². The molecule has 1 atom stereocenters. The molecule has 0 saturated heterocycles. The minimum absolute atomic E-state index is 0. The Kier molecular flexibility index (Phi) is 40.3. The first kappa shape index (κ1) is 23.1. The monoisotopic (exact) mass is 192 g/mol. The second-order valence-corrected chi connectivity index (χ2v) is 3.01. The lowest BCUT2D eigenvalue weighted by atomic mass is 9.94. The highest BCUT2D eigenvalue weighted by Crippen LogP contribution is 2.14. The van der Waals surface area contributed by atoms with Crippen LogP contribution in [0.4, 0.5) is 0 Å². The molecule has 0 radical (unpaired) electrons. The average molecular weight is 192 g/mol. The van der Waals surface area contributed by atoms with Crippen LogP contribution in [-0.2, 0) is 0 Å². The van der Waals surface area contributed by atoms with Crippen LogP contribution in [0.25, 0.3) is 0 Å². The van der Waals surface area contributed by atoms with Gasteiger partial charge in [-0.1, -0.05) is 68.2 Å². The topological polar surface area (TPSA) is 31.5 Å². The lowest BCUT2D eigenvalue weighted by Gasteiger charge is -2.12. The van der Waals surface area contributed by atoms with Crippen molar-refractivity contribution < 1.29 is 5.48 Å². The fourth-order valence-corrected chi connectivity index (χ4v) is 0.789. The van der Waals surface area contributed by atoms with Crippen molar-refractivity contribution in [3.8, 4) is 0 Å². The molecular weight excluding hydrogens is 160 g/mol. The molecule has 0 rings (SSSR count). The van der Waals surface area contributed by atoms with Crippen LogP contribution >= 0.6 is 0 Å². The average Bonchev–Trinajstić information content (AvgIpc) is 2.12. The molecule has 0 aromatic heterocycles. The maximum Gasteiger partial charge on any atom is -0.0420 e. The second-order valence-electron chi connectivity index (χ2n) is 3.01. The van der Waals surface area contributed by atoms with Gasteiger partial charge in [-0.05, 0) is 11.8 Å². The van der Waals surface area contributed by atoms with E-state index in [1.54, 1.807) is 0 Å². The van der Waals surface area contributed by atoms with Gasteiger partial charge < -0.3 is 5.48 Å². The summed E-state index contributed by atoms with van der Waals surface area (Å²) in [4.78, 5) is 0. The molecule has 0 spiro atoms. The van der Waals surface area contributed by atoms with E-state index in [9.17, 15) is 0 Å². The van der Waals surface area contributed by atoms with Crippen molar-refractivity contribution in [2.75, 3.05) is 0 Å². The summed E-state index contributed by atoms with van der Waals surface area (Å²) in [5.74, 6) is 1.79. The normalized spacial score (nSPS) is 9.92. The van der Waals surface area contributed by atoms with E-state index < -0.39 is 0 Å². The van der Waals surface area contributed by atoms with Gasteiger partial charge in [-0.3, -0.25) is 0 Å². The van der Waals surface area contributed by atoms with Gasteiger partial charge >= 0.3 is 0 Å². The van der Waals surface area contributed by atoms with Gasteiger partial charge in [0.2, 0.25) is 0 Å². The first-order chi connectivity index (χ1) is 5.68. The quantitative estimate of drug-likeness (QED) is 0.638. The van der Waals surface area contributed by atoms with Crippen molar-refractivity contribution in [2.45, 2.75) is 68.2 Å². The smallest absolute Gasteiger partial charge is 0.0420 e. The fraction of sp³-hybridized carbons (Fsp3) is 1.00. The molecule has 1 heteroatoms. The third-order valence-corrected chi connectivity index (χ3v) is 1.88. The van der Waals surface area contributed by atoms with Crippen LogP contribution in [0, 0.1) is 11.8 Å². The largest absolute Gasteiger partial charge is 0.412 e. The molecule has 0 amide bonds. The molecule has 0 aliphatic carbocycles. The standard InChI is InChI=1S/C8H18.2C2H6.H2O/c1-5-6-8(4)7(2)3;2*1-2;/h7-8H,5-6H2,1-4H3;2*1-2H3;1H2. The van der Waals surface area contributed by atoms with Gasteiger partial charge in [-0.2, -0.15) is 0 Å². The molecule has 13 heavy (non-hydrogen) atoms. The number of hydrogen-bond donors (Lipinski definition) is 0. The molecule has 2 N–H and O–H groups in total. The molecule has 0 saturated carbocycles. The van der Waals surface area contributed by atoms with E-state index in [-0.39, 0.29) is 5.48 Å². The van der Waals surface area contributed by atoms with Gasteiger partial charge in [0.25, 0.3) is 0 Å². The van der Waals surface area contributed by atoms with Crippen molar-refractivity contribution in [1.82, 2.24) is 0 Å². The van der Waals surface area contributed by atoms with Crippen LogP contribution in [-0.4, -0.2) is 5.48 Å². The van der Waals surface area contributed by atoms with E-state index in [1.807, 2.05) is 27.7 Å². The summed E-state index contributed by atoms with van der Waals surface area (Å²) < 4.78 is 0. The fourth-order valence-electron chi connectivity index (χ4n) is 0.789. The van der Waals surface area contributed by atoms with Gasteiger partial charge in [-0.15, -0.1) is 0 Å². The van der Waals surface area contributed by atoms with E-state index >= 15 is 0 Å². The Bertz CT molecular complexity index is 51.1. The van der Waals surface area contributed by atoms with Crippen LogP contribution in [0.1, 0.15) is 68.2 Å². The molecule has 0 aliphatic heterocycles. The minimum atomic E-state index is 0. The Morgan fingerprint density at radius 3 is 1.23 bits per heavy atom. The molecule has 0 bridgehead atoms. The zero-order valence-corrected chi connectivity index (χ0v) is 11.1. The molecule has 0 aromatic rings. The first-order valence-corrected chi connectivity index (χ1v) is 5.68. The number of rotatable bonds is 3. The summed E-state index contributed by atoms with van der Waals surface area (Å²) in [6.45, 7) is 17.2. The molecule has 0 aliphatic rings. The van der Waals surface area contributed by atoms with Crippen LogP contribution in [0.5, 0.6) is 0 Å². The summed E-state index contributed by atoms with van der Waals surface area (Å²) in [6.07, 6.45) is 2.72. The predicted molar refractivity (Wildman–Crippen MR) is 65.2 cm³/mol. The molecule has 0 heterocycles. The van der Waals surface area contributed by atoms with E-state index in [1.165, 1.54) is 12.8 Å². The Hall–Kier alpha value is -0.0400. The summed E-state index contributed by atoms with van der Waals surface area (Å²) in [7, 11) is 0. The van der Waals surface area contributed by atoms with E-state index in [0.29, 0.717) is 0 Å². The third-order valence-electron chi connectivity index (χ3n) is 1.88. The minimum Gasteiger partial charge on any atom is -0.412 e. The lowest BCUT2D eigenvalue weighted by Crippen LogP contribution is -2.02. The number of hydrogen-bond acceptors (Lipinski definition) is 0. The van der Waals surface area contributed by atoms with E-state index in [0.717, 1.165) is 11.8 Å². The van der Waals surface area contributed by atoms with Gasteiger partial charge in [0.1, 0.15) is 0 Å². The molecule has 86 valence electrons. The molecule has 1 unspecified atom stereocenters. The van der Waals surface area contributed by atoms with E-state index in [4.69, 9.17) is 0 Å². The summed E-state index contributed by atoms with van der Waals surface area (Å²) in [5.41, 5.74) is 0. The van der Waals surface area contributed by atoms with Crippen molar-refractivity contribution in [1.29, 1.82) is 0 Å². The van der Waals surface area contributed by atoms with Gasteiger partial charge in [-0.25, -0.2) is 0 Å². The third kappa shape index (κ3) is 24.5. The maximum atomic E-state index is 2.33. The molecule has 0 aromatic carbocycles. The van der Waals surface area contributed by atoms with Crippen LogP contribution in [0.15, 0.2) is 0 Å². The Morgan fingerprint density at radius 2 is 1.15 bits per heavy atom. The molecular formula is C12H32O. The Balaban J connectivity index is -0.0000000712. The second kappa shape index (κ2) is 22.7. The summed E-state index contributed by atoms with van der Waals surface area (Å²) in [5, 5.41) is 0. The van der Waals surface area contributed by atoms with Crippen LogP contribution in [0.3, 0.4) is 0 Å². The van der Waals surface area contributed by atoms with Crippen molar-refractivity contribution in [3.63, 3.8) is 0 Å². The lowest BCUT2D eigenvalue weighted by molar-refractivity contribution is 0.389. The van der Waals surface area contributed by atoms with Gasteiger partial charge in [0.15, 0.2) is 0 Å². The van der Waals surface area contributed by atoms with E-state index in [2.05, 4.69) is 27.7 Å². The van der Waals surface area contributed by atoms with Crippen molar-refractivity contribution in [2.24, 2.45) is 11.8 Å². The zero-order valence-electron chi connectivity index (χ0n) is 11.1. The Labute approximate surface area is 86.2 Å². The Morgan fingerprint density at radius 1 is 0.846 bits per heavy atom. The predicted octanol–water partition coefficient (Wildman–Crippen LogP) is 4.31. The van der Waals surface area contributed by atoms with Crippen molar-refractivity contribution >= 4 is 0 Å². The van der Waals surface area contributed by atoms with Crippen LogP contribution < -0.4 is 0 Å². The highest BCUT2D eigenvalue weighted by Gasteiger charge is 2.03. The first-order valence-electron chi connectivity index (χ1n) is 5.68. The maximum absolute atomic E-state index is 2.33. The molecule has 0 fully saturated rings.